The largest absolute Gasteiger partial charge is 0.488 e. The molecule has 29 heavy (non-hydrogen) atoms. The lowest BCUT2D eigenvalue weighted by Crippen LogP contribution is -2.21. The summed E-state index contributed by atoms with van der Waals surface area (Å²) < 4.78 is 46.4. The van der Waals surface area contributed by atoms with E-state index in [4.69, 9.17) is 4.74 Å². The zero-order chi connectivity index (χ0) is 20.2. The highest BCUT2D eigenvalue weighted by Crippen LogP contribution is 2.33. The van der Waals surface area contributed by atoms with Gasteiger partial charge in [-0.05, 0) is 54.0 Å². The molecule has 0 saturated carbocycles. The first kappa shape index (κ1) is 17.7. The number of aromatic nitrogens is 2. The minimum Gasteiger partial charge on any atom is -0.488 e. The molecule has 3 heterocycles. The van der Waals surface area contributed by atoms with Crippen molar-refractivity contribution in [1.82, 2.24) is 9.55 Å². The van der Waals surface area contributed by atoms with E-state index < -0.39 is 11.7 Å². The van der Waals surface area contributed by atoms with Crippen LogP contribution in [0.1, 0.15) is 23.4 Å². The summed E-state index contributed by atoms with van der Waals surface area (Å²) in [5.41, 5.74) is 1.62. The minimum atomic E-state index is -4.48. The van der Waals surface area contributed by atoms with Gasteiger partial charge in [0.1, 0.15) is 18.2 Å². The van der Waals surface area contributed by atoms with Crippen LogP contribution >= 0.6 is 0 Å². The topological polar surface area (TPSA) is 44.1 Å². The first-order valence-electron chi connectivity index (χ1n) is 9.15. The molecule has 0 saturated heterocycles. The maximum Gasteiger partial charge on any atom is 0.416 e. The molecule has 3 aromatic rings. The van der Waals surface area contributed by atoms with Crippen molar-refractivity contribution in [2.45, 2.75) is 19.1 Å². The number of alkyl halides is 3. The molecular weight excluding hydrogens is 381 g/mol. The highest BCUT2D eigenvalue weighted by molar-refractivity contribution is 5.81. The Kier molecular flexibility index (Phi) is 3.87. The van der Waals surface area contributed by atoms with E-state index in [1.165, 1.54) is 10.6 Å². The van der Waals surface area contributed by atoms with Crippen LogP contribution in [0.4, 0.5) is 13.2 Å². The Morgan fingerprint density at radius 2 is 1.97 bits per heavy atom. The maximum absolute atomic E-state index is 13.1. The van der Waals surface area contributed by atoms with Gasteiger partial charge in [0.05, 0.1) is 16.5 Å². The SMILES string of the molecule is O=c1c2ccc(C(F)(F)F)cc2nc2n1CC/C2=C/C1=Cc2ccccc2OC1. The molecule has 7 heteroatoms. The van der Waals surface area contributed by atoms with Crippen molar-refractivity contribution in [2.75, 3.05) is 6.61 Å². The third-order valence-corrected chi connectivity index (χ3v) is 5.19. The minimum absolute atomic E-state index is 0.0584. The second-order valence-electron chi connectivity index (χ2n) is 7.09. The molecule has 4 nitrogen and oxygen atoms in total. The summed E-state index contributed by atoms with van der Waals surface area (Å²) in [6.45, 7) is 0.839. The van der Waals surface area contributed by atoms with Crippen LogP contribution < -0.4 is 10.3 Å². The van der Waals surface area contributed by atoms with Gasteiger partial charge in [-0.1, -0.05) is 18.2 Å². The average Bonchev–Trinajstić information content (AvgIpc) is 3.10. The molecule has 0 amide bonds. The van der Waals surface area contributed by atoms with Gasteiger partial charge in [0.2, 0.25) is 0 Å². The van der Waals surface area contributed by atoms with Crippen LogP contribution in [0.5, 0.6) is 5.75 Å². The zero-order valence-corrected chi connectivity index (χ0v) is 15.2. The van der Waals surface area contributed by atoms with Crippen molar-refractivity contribution in [3.8, 4) is 5.75 Å². The monoisotopic (exact) mass is 396 g/mol. The highest BCUT2D eigenvalue weighted by atomic mass is 19.4. The van der Waals surface area contributed by atoms with Crippen LogP contribution in [0.2, 0.25) is 0 Å². The Morgan fingerprint density at radius 1 is 1.14 bits per heavy atom. The fraction of sp³-hybridized carbons (Fsp3) is 0.182. The molecule has 0 aliphatic carbocycles. The number of rotatable bonds is 1. The predicted molar refractivity (Wildman–Crippen MR) is 104 cm³/mol. The van der Waals surface area contributed by atoms with E-state index in [9.17, 15) is 18.0 Å². The smallest absolute Gasteiger partial charge is 0.416 e. The van der Waals surface area contributed by atoms with Crippen molar-refractivity contribution in [1.29, 1.82) is 0 Å². The fourth-order valence-corrected chi connectivity index (χ4v) is 3.77. The molecule has 1 aromatic heterocycles. The lowest BCUT2D eigenvalue weighted by molar-refractivity contribution is -0.137. The van der Waals surface area contributed by atoms with Crippen LogP contribution in [0, 0.1) is 0 Å². The van der Waals surface area contributed by atoms with Crippen LogP contribution in [-0.2, 0) is 12.7 Å². The molecule has 2 aliphatic rings. The number of para-hydroxylation sites is 1. The first-order valence-corrected chi connectivity index (χ1v) is 9.15. The van der Waals surface area contributed by atoms with Gasteiger partial charge in [-0.25, -0.2) is 4.98 Å². The third-order valence-electron chi connectivity index (χ3n) is 5.19. The van der Waals surface area contributed by atoms with E-state index in [0.717, 1.165) is 34.6 Å². The van der Waals surface area contributed by atoms with E-state index in [1.807, 2.05) is 36.4 Å². The second-order valence-corrected chi connectivity index (χ2v) is 7.09. The molecule has 0 radical (unpaired) electrons. The summed E-state index contributed by atoms with van der Waals surface area (Å²) in [6, 6.07) is 10.7. The highest BCUT2D eigenvalue weighted by Gasteiger charge is 2.31. The van der Waals surface area contributed by atoms with E-state index in [1.54, 1.807) is 0 Å². The molecule has 0 atom stereocenters. The van der Waals surface area contributed by atoms with Crippen molar-refractivity contribution in [3.63, 3.8) is 0 Å². The normalized spacial score (nSPS) is 17.1. The molecule has 0 bridgehead atoms. The number of benzene rings is 2. The fourth-order valence-electron chi connectivity index (χ4n) is 3.77. The summed E-state index contributed by atoms with van der Waals surface area (Å²) in [5.74, 6) is 1.23. The van der Waals surface area contributed by atoms with Gasteiger partial charge in [-0.3, -0.25) is 9.36 Å². The number of halogens is 3. The van der Waals surface area contributed by atoms with Crippen LogP contribution in [0.15, 0.2) is 58.9 Å². The van der Waals surface area contributed by atoms with Crippen molar-refractivity contribution in [3.05, 3.63) is 81.4 Å². The van der Waals surface area contributed by atoms with Gasteiger partial charge in [0.15, 0.2) is 0 Å². The predicted octanol–water partition coefficient (Wildman–Crippen LogP) is 4.68. The Labute approximate surface area is 163 Å². The van der Waals surface area contributed by atoms with Crippen molar-refractivity contribution < 1.29 is 17.9 Å². The number of nitrogens with zero attached hydrogens (tertiary/aromatic N) is 2. The van der Waals surface area contributed by atoms with Crippen LogP contribution in [-0.4, -0.2) is 16.2 Å². The van der Waals surface area contributed by atoms with Crippen molar-refractivity contribution >= 4 is 22.6 Å². The first-order chi connectivity index (χ1) is 13.9. The number of fused-ring (bicyclic) bond motifs is 3. The number of allylic oxidation sites excluding steroid dienone is 1. The van der Waals surface area contributed by atoms with Gasteiger partial charge < -0.3 is 4.74 Å². The summed E-state index contributed by atoms with van der Waals surface area (Å²) >= 11 is 0. The molecule has 0 fully saturated rings. The summed E-state index contributed by atoms with van der Waals surface area (Å²) in [6.07, 6.45) is 0.0289. The van der Waals surface area contributed by atoms with Gasteiger partial charge in [-0.15, -0.1) is 0 Å². The summed E-state index contributed by atoms with van der Waals surface area (Å²) in [5, 5.41) is 0.192. The Balaban J connectivity index is 1.61. The number of hydrogen-bond donors (Lipinski definition) is 0. The summed E-state index contributed by atoms with van der Waals surface area (Å²) in [4.78, 5) is 17.2. The standard InChI is InChI=1S/C22H15F3N2O2/c23-22(24,25)16-5-6-17-18(11-16)26-20-15(7-8-27(20)21(17)28)10-13-9-14-3-1-2-4-19(14)29-12-13/h1-6,9-11H,7-8,12H2/b15-10-. The van der Waals surface area contributed by atoms with E-state index in [2.05, 4.69) is 4.98 Å². The van der Waals surface area contributed by atoms with E-state index >= 15 is 0 Å². The van der Waals surface area contributed by atoms with Crippen LogP contribution in [0.3, 0.4) is 0 Å². The quantitative estimate of drug-likeness (QED) is 0.600. The van der Waals surface area contributed by atoms with E-state index in [-0.39, 0.29) is 16.5 Å². The molecule has 5 rings (SSSR count). The van der Waals surface area contributed by atoms with Gasteiger partial charge in [0, 0.05) is 12.1 Å². The number of hydrogen-bond acceptors (Lipinski definition) is 3. The van der Waals surface area contributed by atoms with Gasteiger partial charge in [0.25, 0.3) is 5.56 Å². The maximum atomic E-state index is 13.1. The molecule has 0 unspecified atom stereocenters. The molecule has 2 aliphatic heterocycles. The van der Waals surface area contributed by atoms with E-state index in [0.29, 0.717) is 25.4 Å². The molecule has 146 valence electrons. The Hall–Kier alpha value is -3.35. The molecule has 0 spiro atoms. The molecule has 2 aromatic carbocycles. The number of ether oxygens (including phenoxy) is 1. The summed E-state index contributed by atoms with van der Waals surface area (Å²) in [7, 11) is 0. The Bertz CT molecular complexity index is 1270. The van der Waals surface area contributed by atoms with Gasteiger partial charge >= 0.3 is 6.18 Å². The average molecular weight is 396 g/mol. The second kappa shape index (κ2) is 6.34. The Morgan fingerprint density at radius 3 is 2.79 bits per heavy atom. The molecule has 0 N–H and O–H groups in total. The van der Waals surface area contributed by atoms with Crippen molar-refractivity contribution in [2.24, 2.45) is 0 Å². The zero-order valence-electron chi connectivity index (χ0n) is 15.2. The third kappa shape index (κ3) is 3.03. The lowest BCUT2D eigenvalue weighted by atomic mass is 10.0. The molecular formula is C22H15F3N2O2. The lowest BCUT2D eigenvalue weighted by Gasteiger charge is -2.16. The van der Waals surface area contributed by atoms with Gasteiger partial charge in [-0.2, -0.15) is 13.2 Å². The van der Waals surface area contributed by atoms with Crippen LogP contribution in [0.25, 0.3) is 22.6 Å².